The molecule has 0 aliphatic heterocycles. The van der Waals surface area contributed by atoms with E-state index in [1.54, 1.807) is 24.3 Å². The van der Waals surface area contributed by atoms with Crippen molar-refractivity contribution in [2.24, 2.45) is 5.73 Å². The van der Waals surface area contributed by atoms with E-state index in [2.05, 4.69) is 15.9 Å². The number of hydrogen-bond donors (Lipinski definition) is 1. The summed E-state index contributed by atoms with van der Waals surface area (Å²) in [5.74, 6) is -0.655. The van der Waals surface area contributed by atoms with Crippen molar-refractivity contribution in [3.63, 3.8) is 0 Å². The topological polar surface area (TPSA) is 26.0 Å². The van der Waals surface area contributed by atoms with Gasteiger partial charge in [-0.1, -0.05) is 28.1 Å². The van der Waals surface area contributed by atoms with Gasteiger partial charge in [-0.2, -0.15) is 13.2 Å². The molecule has 0 radical (unpaired) electrons. The summed E-state index contributed by atoms with van der Waals surface area (Å²) in [4.78, 5) is 0. The first kappa shape index (κ1) is 12.5. The summed E-state index contributed by atoms with van der Waals surface area (Å²) in [5, 5.41) is 0. The molecule has 1 atom stereocenters. The Hall–Kier alpha value is -0.550. The van der Waals surface area contributed by atoms with Crippen LogP contribution < -0.4 is 5.73 Å². The third-order valence-corrected chi connectivity index (χ3v) is 2.63. The van der Waals surface area contributed by atoms with Crippen molar-refractivity contribution in [3.05, 3.63) is 34.3 Å². The highest BCUT2D eigenvalue weighted by Gasteiger charge is 2.31. The standard InChI is InChI=1S/C10H11BrF3N/c11-9-3-1-7(2-4-9)8(6-15)5-10(12,13)14/h1-4,8H,5-6,15H2. The lowest BCUT2D eigenvalue weighted by Gasteiger charge is -2.17. The van der Waals surface area contributed by atoms with Gasteiger partial charge in [0.15, 0.2) is 0 Å². The Balaban J connectivity index is 2.79. The summed E-state index contributed by atoms with van der Waals surface area (Å²) in [6.07, 6.45) is -5.04. The van der Waals surface area contributed by atoms with Crippen molar-refractivity contribution < 1.29 is 13.2 Å². The van der Waals surface area contributed by atoms with Crippen LogP contribution in [0.1, 0.15) is 17.9 Å². The fourth-order valence-electron chi connectivity index (χ4n) is 1.35. The van der Waals surface area contributed by atoms with E-state index in [0.717, 1.165) is 4.47 Å². The first-order valence-corrected chi connectivity index (χ1v) is 5.24. The SMILES string of the molecule is NCC(CC(F)(F)F)c1ccc(Br)cc1. The summed E-state index contributed by atoms with van der Waals surface area (Å²) >= 11 is 3.22. The molecule has 15 heavy (non-hydrogen) atoms. The molecular formula is C10H11BrF3N. The Morgan fingerprint density at radius 3 is 2.13 bits per heavy atom. The highest BCUT2D eigenvalue weighted by atomic mass is 79.9. The van der Waals surface area contributed by atoms with Crippen LogP contribution in [-0.2, 0) is 0 Å². The van der Waals surface area contributed by atoms with Gasteiger partial charge < -0.3 is 5.73 Å². The minimum atomic E-state index is -4.17. The lowest BCUT2D eigenvalue weighted by atomic mass is 9.96. The van der Waals surface area contributed by atoms with Gasteiger partial charge in [-0.25, -0.2) is 0 Å². The Morgan fingerprint density at radius 2 is 1.73 bits per heavy atom. The lowest BCUT2D eigenvalue weighted by Crippen LogP contribution is -2.20. The van der Waals surface area contributed by atoms with Crippen LogP contribution in [-0.4, -0.2) is 12.7 Å². The Labute approximate surface area is 94.6 Å². The average molecular weight is 282 g/mol. The molecule has 1 aromatic rings. The molecule has 0 fully saturated rings. The maximum absolute atomic E-state index is 12.2. The van der Waals surface area contributed by atoms with Crippen LogP contribution in [0, 0.1) is 0 Å². The van der Waals surface area contributed by atoms with Crippen LogP contribution in [0.15, 0.2) is 28.7 Å². The van der Waals surface area contributed by atoms with Crippen LogP contribution in [0.5, 0.6) is 0 Å². The normalized spacial score (nSPS) is 13.9. The van der Waals surface area contributed by atoms with Crippen LogP contribution >= 0.6 is 15.9 Å². The van der Waals surface area contributed by atoms with E-state index >= 15 is 0 Å². The molecule has 0 saturated heterocycles. The van der Waals surface area contributed by atoms with Gasteiger partial charge >= 0.3 is 6.18 Å². The van der Waals surface area contributed by atoms with Gasteiger partial charge in [0.25, 0.3) is 0 Å². The van der Waals surface area contributed by atoms with Gasteiger partial charge in [-0.3, -0.25) is 0 Å². The highest BCUT2D eigenvalue weighted by Crippen LogP contribution is 2.30. The summed E-state index contributed by atoms with van der Waals surface area (Å²) < 4.78 is 37.4. The second kappa shape index (κ2) is 4.99. The summed E-state index contributed by atoms with van der Waals surface area (Å²) in [5.41, 5.74) is 5.96. The van der Waals surface area contributed by atoms with Crippen molar-refractivity contribution in [1.82, 2.24) is 0 Å². The second-order valence-electron chi connectivity index (χ2n) is 3.30. The van der Waals surface area contributed by atoms with E-state index in [0.29, 0.717) is 5.56 Å². The van der Waals surface area contributed by atoms with Gasteiger partial charge in [0.05, 0.1) is 6.42 Å². The Morgan fingerprint density at radius 1 is 1.20 bits per heavy atom. The van der Waals surface area contributed by atoms with Crippen LogP contribution in [0.3, 0.4) is 0 Å². The van der Waals surface area contributed by atoms with E-state index in [9.17, 15) is 13.2 Å². The van der Waals surface area contributed by atoms with E-state index in [1.165, 1.54) is 0 Å². The van der Waals surface area contributed by atoms with Gasteiger partial charge in [0, 0.05) is 10.4 Å². The molecule has 84 valence electrons. The van der Waals surface area contributed by atoms with E-state index in [1.807, 2.05) is 0 Å². The molecule has 1 unspecified atom stereocenters. The molecule has 0 bridgehead atoms. The second-order valence-corrected chi connectivity index (χ2v) is 4.22. The monoisotopic (exact) mass is 281 g/mol. The minimum Gasteiger partial charge on any atom is -0.330 e. The van der Waals surface area contributed by atoms with Crippen LogP contribution in [0.4, 0.5) is 13.2 Å². The van der Waals surface area contributed by atoms with Gasteiger partial charge in [0.2, 0.25) is 0 Å². The first-order valence-electron chi connectivity index (χ1n) is 4.44. The molecular weight excluding hydrogens is 271 g/mol. The van der Waals surface area contributed by atoms with Crippen molar-refractivity contribution in [2.45, 2.75) is 18.5 Å². The van der Waals surface area contributed by atoms with Gasteiger partial charge in [-0.05, 0) is 24.2 Å². The minimum absolute atomic E-state index is 0.00113. The molecule has 0 saturated carbocycles. The predicted octanol–water partition coefficient (Wildman–Crippen LogP) is 3.44. The van der Waals surface area contributed by atoms with Crippen molar-refractivity contribution >= 4 is 15.9 Å². The quantitative estimate of drug-likeness (QED) is 0.902. The molecule has 0 heterocycles. The first-order chi connectivity index (χ1) is 6.92. The number of nitrogens with two attached hydrogens (primary N) is 1. The molecule has 1 rings (SSSR count). The fraction of sp³-hybridized carbons (Fsp3) is 0.400. The largest absolute Gasteiger partial charge is 0.389 e. The van der Waals surface area contributed by atoms with Gasteiger partial charge in [0.1, 0.15) is 0 Å². The number of rotatable bonds is 3. The number of hydrogen-bond acceptors (Lipinski definition) is 1. The molecule has 5 heteroatoms. The van der Waals surface area contributed by atoms with Crippen LogP contribution in [0.2, 0.25) is 0 Å². The molecule has 0 amide bonds. The molecule has 0 spiro atoms. The lowest BCUT2D eigenvalue weighted by molar-refractivity contribution is -0.138. The zero-order valence-corrected chi connectivity index (χ0v) is 9.48. The number of benzene rings is 1. The maximum Gasteiger partial charge on any atom is 0.389 e. The number of alkyl halides is 3. The average Bonchev–Trinajstić information content (AvgIpc) is 2.14. The third kappa shape index (κ3) is 4.22. The van der Waals surface area contributed by atoms with Crippen molar-refractivity contribution in [1.29, 1.82) is 0 Å². The zero-order chi connectivity index (χ0) is 11.5. The van der Waals surface area contributed by atoms with E-state index in [4.69, 9.17) is 5.73 Å². The highest BCUT2D eigenvalue weighted by molar-refractivity contribution is 9.10. The Bertz CT molecular complexity index is 307. The maximum atomic E-state index is 12.2. The molecule has 0 aliphatic rings. The molecule has 0 aliphatic carbocycles. The number of halogens is 4. The smallest absolute Gasteiger partial charge is 0.330 e. The van der Waals surface area contributed by atoms with Crippen molar-refractivity contribution in [2.75, 3.05) is 6.54 Å². The summed E-state index contributed by atoms with van der Waals surface area (Å²) in [6, 6.07) is 6.75. The van der Waals surface area contributed by atoms with Crippen molar-refractivity contribution in [3.8, 4) is 0 Å². The zero-order valence-electron chi connectivity index (χ0n) is 7.89. The predicted molar refractivity (Wildman–Crippen MR) is 56.6 cm³/mol. The summed E-state index contributed by atoms with van der Waals surface area (Å²) in [7, 11) is 0. The Kier molecular flexibility index (Phi) is 4.16. The summed E-state index contributed by atoms with van der Waals surface area (Å²) in [6.45, 7) is 0.00113. The van der Waals surface area contributed by atoms with E-state index < -0.39 is 18.5 Å². The molecule has 2 N–H and O–H groups in total. The van der Waals surface area contributed by atoms with Crippen LogP contribution in [0.25, 0.3) is 0 Å². The molecule has 1 nitrogen and oxygen atoms in total. The van der Waals surface area contributed by atoms with E-state index in [-0.39, 0.29) is 6.54 Å². The fourth-order valence-corrected chi connectivity index (χ4v) is 1.62. The van der Waals surface area contributed by atoms with Gasteiger partial charge in [-0.15, -0.1) is 0 Å². The molecule has 1 aromatic carbocycles. The third-order valence-electron chi connectivity index (χ3n) is 2.10. The molecule has 0 aromatic heterocycles.